The lowest BCUT2D eigenvalue weighted by Crippen LogP contribution is -2.55. The zero-order valence-electron chi connectivity index (χ0n) is 14.7. The number of halogens is 1. The van der Waals surface area contributed by atoms with E-state index in [2.05, 4.69) is 27.9 Å². The van der Waals surface area contributed by atoms with Crippen LogP contribution in [0.1, 0.15) is 33.3 Å². The predicted octanol–water partition coefficient (Wildman–Crippen LogP) is 3.03. The molecule has 4 rings (SSSR count). The van der Waals surface area contributed by atoms with Crippen molar-refractivity contribution in [1.82, 2.24) is 20.7 Å². The van der Waals surface area contributed by atoms with Crippen molar-refractivity contribution in [3.8, 4) is 0 Å². The molecular formula is C19H23ClN4OS. The summed E-state index contributed by atoms with van der Waals surface area (Å²) < 4.78 is 0. The van der Waals surface area contributed by atoms with Gasteiger partial charge in [-0.25, -0.2) is 10.9 Å². The standard InChI is InChI=1S/C19H23ClN4OS/c1-13-6-11-26-18(13)19(25)24-9-7-23(8-10-24)17-12-16(21-22-17)14-2-4-15(20)5-3-14/h2-6,11,16-17,21-22H,7-10,12H2,1H3. The first-order valence-electron chi connectivity index (χ1n) is 8.96. The third-order valence-corrected chi connectivity index (χ3v) is 6.51. The number of carbonyl (C=O) groups is 1. The van der Waals surface area contributed by atoms with E-state index in [0.717, 1.165) is 48.1 Å². The fourth-order valence-electron chi connectivity index (χ4n) is 3.66. The van der Waals surface area contributed by atoms with Gasteiger partial charge in [0.2, 0.25) is 0 Å². The number of thiophene rings is 1. The lowest BCUT2D eigenvalue weighted by atomic mass is 10.0. The molecule has 26 heavy (non-hydrogen) atoms. The van der Waals surface area contributed by atoms with Gasteiger partial charge in [0, 0.05) is 37.2 Å². The van der Waals surface area contributed by atoms with E-state index in [1.54, 1.807) is 0 Å². The lowest BCUT2D eigenvalue weighted by molar-refractivity contribution is 0.0548. The molecule has 2 N–H and O–H groups in total. The van der Waals surface area contributed by atoms with E-state index < -0.39 is 0 Å². The second kappa shape index (κ2) is 7.66. The minimum Gasteiger partial charge on any atom is -0.335 e. The third kappa shape index (κ3) is 3.66. The Balaban J connectivity index is 1.32. The van der Waals surface area contributed by atoms with Gasteiger partial charge in [-0.05, 0) is 48.1 Å². The molecule has 0 spiro atoms. The fraction of sp³-hybridized carbons (Fsp3) is 0.421. The Hall–Kier alpha value is -1.44. The summed E-state index contributed by atoms with van der Waals surface area (Å²) in [5.41, 5.74) is 9.12. The molecule has 2 unspecified atom stereocenters. The molecule has 7 heteroatoms. The van der Waals surface area contributed by atoms with E-state index in [4.69, 9.17) is 11.6 Å². The summed E-state index contributed by atoms with van der Waals surface area (Å²) in [4.78, 5) is 17.9. The Morgan fingerprint density at radius 3 is 2.50 bits per heavy atom. The van der Waals surface area contributed by atoms with E-state index in [9.17, 15) is 4.79 Å². The van der Waals surface area contributed by atoms with E-state index >= 15 is 0 Å². The third-order valence-electron chi connectivity index (χ3n) is 5.25. The van der Waals surface area contributed by atoms with Crippen LogP contribution in [0, 0.1) is 6.92 Å². The van der Waals surface area contributed by atoms with Crippen molar-refractivity contribution in [2.75, 3.05) is 26.2 Å². The molecule has 1 amide bonds. The van der Waals surface area contributed by atoms with Crippen LogP contribution in [0.5, 0.6) is 0 Å². The van der Waals surface area contributed by atoms with Crippen molar-refractivity contribution in [3.05, 3.63) is 56.7 Å². The summed E-state index contributed by atoms with van der Waals surface area (Å²) in [5.74, 6) is 0.175. The second-order valence-corrected chi connectivity index (χ2v) is 8.26. The largest absolute Gasteiger partial charge is 0.335 e. The SMILES string of the molecule is Cc1ccsc1C(=O)N1CCN(C2CC(c3ccc(Cl)cc3)NN2)CC1. The summed E-state index contributed by atoms with van der Waals surface area (Å²) in [6.45, 7) is 5.34. The first kappa shape index (κ1) is 17.9. The van der Waals surface area contributed by atoms with Gasteiger partial charge in [0.25, 0.3) is 5.91 Å². The van der Waals surface area contributed by atoms with Gasteiger partial charge >= 0.3 is 0 Å². The number of benzene rings is 1. The van der Waals surface area contributed by atoms with Crippen LogP contribution in [0.25, 0.3) is 0 Å². The van der Waals surface area contributed by atoms with Crippen LogP contribution in [0.2, 0.25) is 5.02 Å². The molecule has 0 bridgehead atoms. The molecule has 0 radical (unpaired) electrons. The van der Waals surface area contributed by atoms with Gasteiger partial charge in [0.1, 0.15) is 0 Å². The Kier molecular flexibility index (Phi) is 5.29. The number of rotatable bonds is 3. The van der Waals surface area contributed by atoms with Crippen LogP contribution in [0.3, 0.4) is 0 Å². The highest BCUT2D eigenvalue weighted by atomic mass is 35.5. The molecule has 0 aliphatic carbocycles. The fourth-order valence-corrected chi connectivity index (χ4v) is 4.68. The maximum Gasteiger partial charge on any atom is 0.264 e. The van der Waals surface area contributed by atoms with E-state index in [-0.39, 0.29) is 18.1 Å². The van der Waals surface area contributed by atoms with Gasteiger partial charge in [0.15, 0.2) is 0 Å². The molecule has 5 nitrogen and oxygen atoms in total. The summed E-state index contributed by atoms with van der Waals surface area (Å²) in [7, 11) is 0. The molecule has 2 aliphatic rings. The summed E-state index contributed by atoms with van der Waals surface area (Å²) in [5, 5.41) is 2.75. The zero-order chi connectivity index (χ0) is 18.1. The number of aryl methyl sites for hydroxylation is 1. The molecule has 2 atom stereocenters. The van der Waals surface area contributed by atoms with Crippen LogP contribution >= 0.6 is 22.9 Å². The molecule has 2 fully saturated rings. The van der Waals surface area contributed by atoms with E-state index in [1.807, 2.05) is 35.4 Å². The molecule has 3 heterocycles. The van der Waals surface area contributed by atoms with Crippen LogP contribution in [-0.4, -0.2) is 48.1 Å². The normalized spacial score (nSPS) is 24.2. The average molecular weight is 391 g/mol. The minimum absolute atomic E-state index is 0.175. The van der Waals surface area contributed by atoms with Crippen molar-refractivity contribution >= 4 is 28.8 Å². The quantitative estimate of drug-likeness (QED) is 0.845. The lowest BCUT2D eigenvalue weighted by Gasteiger charge is -2.37. The Labute approximate surface area is 162 Å². The van der Waals surface area contributed by atoms with Crippen LogP contribution in [0.15, 0.2) is 35.7 Å². The van der Waals surface area contributed by atoms with Gasteiger partial charge in [-0.1, -0.05) is 23.7 Å². The number of hydrogen-bond acceptors (Lipinski definition) is 5. The maximum atomic E-state index is 12.7. The first-order valence-corrected chi connectivity index (χ1v) is 10.2. The Morgan fingerprint density at radius 2 is 1.85 bits per heavy atom. The van der Waals surface area contributed by atoms with Crippen LogP contribution in [-0.2, 0) is 0 Å². The van der Waals surface area contributed by atoms with Gasteiger partial charge < -0.3 is 4.90 Å². The maximum absolute atomic E-state index is 12.7. The number of amides is 1. The number of nitrogens with one attached hydrogen (secondary N) is 2. The molecular weight excluding hydrogens is 368 g/mol. The summed E-state index contributed by atoms with van der Waals surface area (Å²) >= 11 is 7.52. The van der Waals surface area contributed by atoms with Crippen LogP contribution in [0.4, 0.5) is 0 Å². The molecule has 1 aromatic carbocycles. The van der Waals surface area contributed by atoms with Crippen molar-refractivity contribution in [1.29, 1.82) is 0 Å². The number of hydrogen-bond donors (Lipinski definition) is 2. The van der Waals surface area contributed by atoms with Crippen molar-refractivity contribution in [2.24, 2.45) is 0 Å². The molecule has 2 saturated heterocycles. The van der Waals surface area contributed by atoms with Gasteiger partial charge in [-0.15, -0.1) is 11.3 Å². The topological polar surface area (TPSA) is 47.6 Å². The van der Waals surface area contributed by atoms with Crippen molar-refractivity contribution in [2.45, 2.75) is 25.6 Å². The number of carbonyl (C=O) groups excluding carboxylic acids is 1. The number of nitrogens with zero attached hydrogens (tertiary/aromatic N) is 2. The van der Waals surface area contributed by atoms with E-state index in [0.29, 0.717) is 0 Å². The zero-order valence-corrected chi connectivity index (χ0v) is 16.3. The Bertz CT molecular complexity index is 770. The summed E-state index contributed by atoms with van der Waals surface area (Å²) in [6.07, 6.45) is 1.29. The molecule has 2 aromatic rings. The second-order valence-electron chi connectivity index (χ2n) is 6.91. The molecule has 2 aliphatic heterocycles. The Morgan fingerprint density at radius 1 is 1.12 bits per heavy atom. The number of hydrazine groups is 1. The highest BCUT2D eigenvalue weighted by Gasteiger charge is 2.32. The smallest absolute Gasteiger partial charge is 0.264 e. The molecule has 1 aromatic heterocycles. The van der Waals surface area contributed by atoms with Crippen LogP contribution < -0.4 is 10.9 Å². The molecule has 138 valence electrons. The minimum atomic E-state index is 0.175. The number of piperazine rings is 1. The average Bonchev–Trinajstić information content (AvgIpc) is 3.31. The molecule has 0 saturated carbocycles. The van der Waals surface area contributed by atoms with E-state index in [1.165, 1.54) is 16.9 Å². The highest BCUT2D eigenvalue weighted by Crippen LogP contribution is 2.26. The first-order chi connectivity index (χ1) is 12.6. The predicted molar refractivity (Wildman–Crippen MR) is 105 cm³/mol. The monoisotopic (exact) mass is 390 g/mol. The van der Waals surface area contributed by atoms with Gasteiger partial charge in [-0.3, -0.25) is 9.69 Å². The van der Waals surface area contributed by atoms with Gasteiger partial charge in [0.05, 0.1) is 11.0 Å². The van der Waals surface area contributed by atoms with Crippen molar-refractivity contribution < 1.29 is 4.79 Å². The van der Waals surface area contributed by atoms with Gasteiger partial charge in [-0.2, -0.15) is 0 Å². The summed E-state index contributed by atoms with van der Waals surface area (Å²) in [6, 6.07) is 10.3. The highest BCUT2D eigenvalue weighted by molar-refractivity contribution is 7.12. The van der Waals surface area contributed by atoms with Crippen molar-refractivity contribution in [3.63, 3.8) is 0 Å².